The van der Waals surface area contributed by atoms with Crippen molar-refractivity contribution in [1.29, 1.82) is 0 Å². The molecule has 10 nitrogen and oxygen atoms in total. The zero-order valence-corrected chi connectivity index (χ0v) is 18.0. The van der Waals surface area contributed by atoms with Gasteiger partial charge in [0.05, 0.1) is 19.8 Å². The lowest BCUT2D eigenvalue weighted by molar-refractivity contribution is 0.0973. The fourth-order valence-corrected chi connectivity index (χ4v) is 4.81. The monoisotopic (exact) mass is 425 g/mol. The maximum Gasteiger partial charge on any atom is 0.266 e. The van der Waals surface area contributed by atoms with Crippen molar-refractivity contribution in [2.75, 3.05) is 31.7 Å². The van der Waals surface area contributed by atoms with Crippen molar-refractivity contribution >= 4 is 17.0 Å². The Bertz CT molecular complexity index is 1160. The number of nitrogens with zero attached hydrogens (tertiary/aromatic N) is 5. The quantitative estimate of drug-likeness (QED) is 0.638. The van der Waals surface area contributed by atoms with Gasteiger partial charge in [-0.25, -0.2) is 4.98 Å². The summed E-state index contributed by atoms with van der Waals surface area (Å²) in [5.41, 5.74) is 8.04. The van der Waals surface area contributed by atoms with Gasteiger partial charge >= 0.3 is 0 Å². The molecule has 164 valence electrons. The van der Waals surface area contributed by atoms with Gasteiger partial charge in [-0.1, -0.05) is 0 Å². The summed E-state index contributed by atoms with van der Waals surface area (Å²) < 4.78 is 12.5. The number of nitrogens with two attached hydrogens (primary N) is 1. The molecule has 31 heavy (non-hydrogen) atoms. The van der Waals surface area contributed by atoms with Crippen molar-refractivity contribution in [1.82, 2.24) is 24.7 Å². The Morgan fingerprint density at radius 3 is 2.71 bits per heavy atom. The predicted octanol–water partition coefficient (Wildman–Crippen LogP) is 1.06. The number of pyridine rings is 1. The van der Waals surface area contributed by atoms with Crippen LogP contribution in [0, 0.1) is 5.41 Å². The molecule has 1 spiro atoms. The van der Waals surface area contributed by atoms with E-state index in [-0.39, 0.29) is 23.1 Å². The highest BCUT2D eigenvalue weighted by atomic mass is 16.5. The molecule has 2 fully saturated rings. The molecule has 2 saturated heterocycles. The highest BCUT2D eigenvalue weighted by Gasteiger charge is 2.47. The first-order valence-corrected chi connectivity index (χ1v) is 10.5. The molecule has 3 aromatic rings. The lowest BCUT2D eigenvalue weighted by Gasteiger charge is -2.41. The van der Waals surface area contributed by atoms with Crippen molar-refractivity contribution in [3.8, 4) is 17.1 Å². The van der Waals surface area contributed by atoms with Crippen LogP contribution in [-0.2, 0) is 11.8 Å². The molecule has 0 amide bonds. The molecule has 3 aromatic heterocycles. The minimum absolute atomic E-state index is 0.0153. The van der Waals surface area contributed by atoms with Gasteiger partial charge in [-0.15, -0.1) is 0 Å². The SMILES string of the molecule is COc1ccc(-c2n[nH]c3nc(N4CCC5(CC4)CO[C@@H](C)[C@H]5N)n(C)c(=O)c23)cn1. The van der Waals surface area contributed by atoms with Crippen molar-refractivity contribution in [2.24, 2.45) is 18.2 Å². The van der Waals surface area contributed by atoms with E-state index >= 15 is 0 Å². The van der Waals surface area contributed by atoms with Crippen LogP contribution >= 0.6 is 0 Å². The summed E-state index contributed by atoms with van der Waals surface area (Å²) in [6, 6.07) is 3.61. The van der Waals surface area contributed by atoms with E-state index in [1.165, 1.54) is 0 Å². The van der Waals surface area contributed by atoms with Gasteiger partial charge in [0.2, 0.25) is 11.8 Å². The molecule has 5 rings (SSSR count). The summed E-state index contributed by atoms with van der Waals surface area (Å²) >= 11 is 0. The number of nitrogens with one attached hydrogen (secondary N) is 1. The number of aromatic nitrogens is 5. The van der Waals surface area contributed by atoms with E-state index in [9.17, 15) is 4.79 Å². The maximum absolute atomic E-state index is 13.3. The van der Waals surface area contributed by atoms with Crippen LogP contribution in [0.15, 0.2) is 23.1 Å². The maximum atomic E-state index is 13.3. The van der Waals surface area contributed by atoms with Crippen LogP contribution in [0.1, 0.15) is 19.8 Å². The van der Waals surface area contributed by atoms with Crippen LogP contribution in [0.2, 0.25) is 0 Å². The molecule has 0 radical (unpaired) electrons. The largest absolute Gasteiger partial charge is 0.481 e. The van der Waals surface area contributed by atoms with E-state index in [2.05, 4.69) is 20.1 Å². The van der Waals surface area contributed by atoms with E-state index in [0.717, 1.165) is 31.5 Å². The van der Waals surface area contributed by atoms with Gasteiger partial charge in [0.25, 0.3) is 5.56 Å². The van der Waals surface area contributed by atoms with Gasteiger partial charge in [0.15, 0.2) is 5.65 Å². The number of hydrogen-bond donors (Lipinski definition) is 2. The average Bonchev–Trinajstić information content (AvgIpc) is 3.34. The van der Waals surface area contributed by atoms with E-state index in [1.807, 2.05) is 13.0 Å². The van der Waals surface area contributed by atoms with E-state index in [1.54, 1.807) is 31.0 Å². The molecular weight excluding hydrogens is 398 g/mol. The molecule has 10 heteroatoms. The van der Waals surface area contributed by atoms with Crippen LogP contribution in [-0.4, -0.2) is 63.7 Å². The summed E-state index contributed by atoms with van der Waals surface area (Å²) in [5, 5.41) is 7.73. The van der Waals surface area contributed by atoms with Gasteiger partial charge in [-0.3, -0.25) is 14.5 Å². The van der Waals surface area contributed by atoms with Crippen molar-refractivity contribution in [2.45, 2.75) is 31.9 Å². The zero-order valence-electron chi connectivity index (χ0n) is 18.0. The third-order valence-electron chi connectivity index (χ3n) is 6.89. The zero-order chi connectivity index (χ0) is 21.8. The van der Waals surface area contributed by atoms with Gasteiger partial charge in [0.1, 0.15) is 11.1 Å². The second-order valence-corrected chi connectivity index (χ2v) is 8.55. The van der Waals surface area contributed by atoms with E-state index in [4.69, 9.17) is 20.2 Å². The summed E-state index contributed by atoms with van der Waals surface area (Å²) in [7, 11) is 3.31. The summed E-state index contributed by atoms with van der Waals surface area (Å²) in [6.07, 6.45) is 3.55. The Morgan fingerprint density at radius 1 is 1.32 bits per heavy atom. The molecule has 2 aliphatic rings. The number of hydrogen-bond acceptors (Lipinski definition) is 8. The molecule has 5 heterocycles. The minimum Gasteiger partial charge on any atom is -0.481 e. The number of methoxy groups -OCH3 is 1. The van der Waals surface area contributed by atoms with Crippen LogP contribution < -0.4 is 20.9 Å². The molecule has 0 aromatic carbocycles. The molecule has 3 N–H and O–H groups in total. The molecule has 0 bridgehead atoms. The first kappa shape index (κ1) is 20.0. The Morgan fingerprint density at radius 2 is 2.10 bits per heavy atom. The molecular formula is C21H27N7O3. The number of piperidine rings is 1. The number of anilines is 1. The first-order valence-electron chi connectivity index (χ1n) is 10.5. The number of aromatic amines is 1. The average molecular weight is 425 g/mol. The topological polar surface area (TPSA) is 124 Å². The molecule has 0 unspecified atom stereocenters. The Hall–Kier alpha value is -2.98. The van der Waals surface area contributed by atoms with Gasteiger partial charge in [0, 0.05) is 49.4 Å². The van der Waals surface area contributed by atoms with Gasteiger partial charge < -0.3 is 20.1 Å². The van der Waals surface area contributed by atoms with Crippen LogP contribution in [0.4, 0.5) is 5.95 Å². The predicted molar refractivity (Wildman–Crippen MR) is 116 cm³/mol. The normalized spacial score (nSPS) is 23.0. The number of ether oxygens (including phenoxy) is 2. The smallest absolute Gasteiger partial charge is 0.266 e. The third kappa shape index (κ3) is 3.09. The Labute approximate surface area is 179 Å². The summed E-state index contributed by atoms with van der Waals surface area (Å²) in [5.74, 6) is 1.14. The van der Waals surface area contributed by atoms with E-state index in [0.29, 0.717) is 35.2 Å². The highest BCUT2D eigenvalue weighted by Crippen LogP contribution is 2.41. The number of rotatable bonds is 3. The van der Waals surface area contributed by atoms with Gasteiger partial charge in [-0.05, 0) is 25.8 Å². The highest BCUT2D eigenvalue weighted by molar-refractivity contribution is 5.90. The number of fused-ring (bicyclic) bond motifs is 1. The van der Waals surface area contributed by atoms with Gasteiger partial charge in [-0.2, -0.15) is 10.1 Å². The Balaban J connectivity index is 1.46. The minimum atomic E-state index is -0.144. The molecule has 2 aliphatic heterocycles. The summed E-state index contributed by atoms with van der Waals surface area (Å²) in [6.45, 7) is 4.30. The molecule has 0 aliphatic carbocycles. The standard InChI is InChI=1S/C21H27N7O3/c1-12-17(22)21(11-31-12)6-8-28(9-7-21)20-24-18-15(19(29)27(20)2)16(25-26-18)13-4-5-14(30-3)23-10-13/h4-5,10,12,17H,6-9,11,22H2,1-3H3,(H,25,26)/t12-,17+/m0/s1. The van der Waals surface area contributed by atoms with Crippen LogP contribution in [0.3, 0.4) is 0 Å². The van der Waals surface area contributed by atoms with E-state index < -0.39 is 0 Å². The second-order valence-electron chi connectivity index (χ2n) is 8.55. The fourth-order valence-electron chi connectivity index (χ4n) is 4.81. The third-order valence-corrected chi connectivity index (χ3v) is 6.89. The Kier molecular flexibility index (Phi) is 4.71. The lowest BCUT2D eigenvalue weighted by Crippen LogP contribution is -2.51. The van der Waals surface area contributed by atoms with Crippen molar-refractivity contribution < 1.29 is 9.47 Å². The number of H-pyrrole nitrogens is 1. The van der Waals surface area contributed by atoms with Crippen molar-refractivity contribution in [3.63, 3.8) is 0 Å². The molecule has 0 saturated carbocycles. The summed E-state index contributed by atoms with van der Waals surface area (Å²) in [4.78, 5) is 24.4. The van der Waals surface area contributed by atoms with Crippen molar-refractivity contribution in [3.05, 3.63) is 28.7 Å². The fraction of sp³-hybridized carbons (Fsp3) is 0.524. The lowest BCUT2D eigenvalue weighted by atomic mass is 9.73. The molecule has 2 atom stereocenters. The first-order chi connectivity index (χ1) is 14.9. The van der Waals surface area contributed by atoms with Crippen LogP contribution in [0.25, 0.3) is 22.3 Å². The van der Waals surface area contributed by atoms with Crippen LogP contribution in [0.5, 0.6) is 5.88 Å². The second kappa shape index (κ2) is 7.31.